The molecule has 2 aromatic rings. The smallest absolute Gasteiger partial charge is 0.273 e. The zero-order valence-corrected chi connectivity index (χ0v) is 13.3. The molecule has 1 amide bonds. The molecule has 0 spiro atoms. The lowest BCUT2D eigenvalue weighted by atomic mass is 10.1. The molecule has 3 rings (SSSR count). The van der Waals surface area contributed by atoms with Crippen LogP contribution in [0.5, 0.6) is 0 Å². The molecule has 24 heavy (non-hydrogen) atoms. The largest absolute Gasteiger partial charge is 0.506 e. The Morgan fingerprint density at radius 3 is 2.42 bits per heavy atom. The van der Waals surface area contributed by atoms with Gasteiger partial charge in [-0.2, -0.15) is 0 Å². The molecule has 8 heteroatoms. The first-order valence-electron chi connectivity index (χ1n) is 6.91. The Bertz CT molecular complexity index is 952. The fraction of sp³-hybridized carbons (Fsp3) is 0.0625. The van der Waals surface area contributed by atoms with Crippen LogP contribution >= 0.6 is 0 Å². The van der Waals surface area contributed by atoms with Crippen molar-refractivity contribution in [1.82, 2.24) is 0 Å². The van der Waals surface area contributed by atoms with Gasteiger partial charge in [0.05, 0.1) is 5.69 Å². The Hall–Kier alpha value is -2.87. The van der Waals surface area contributed by atoms with Gasteiger partial charge in [-0.05, 0) is 36.4 Å². The second-order valence-electron chi connectivity index (χ2n) is 5.13. The summed E-state index contributed by atoms with van der Waals surface area (Å²) < 4.78 is 39.0. The number of aliphatic hydroxyl groups is 1. The molecule has 0 radical (unpaired) electrons. The topological polar surface area (TPSA) is 86.7 Å². The molecule has 0 saturated heterocycles. The summed E-state index contributed by atoms with van der Waals surface area (Å²) in [6, 6.07) is 11.1. The summed E-state index contributed by atoms with van der Waals surface area (Å²) in [4.78, 5) is 11.6. The van der Waals surface area contributed by atoms with Gasteiger partial charge >= 0.3 is 0 Å². The standard InChI is InChI=1S/C16H13FN2O4S/c1-19-13-5-3-2-4-12(13)14(20)15(24(19,22)23)16(21)18-11-8-6-10(17)7-9-11/h2-9,20H,1H3,(H,18,21). The number of halogens is 1. The molecule has 1 heterocycles. The fourth-order valence-corrected chi connectivity index (χ4v) is 3.74. The summed E-state index contributed by atoms with van der Waals surface area (Å²) >= 11 is 0. The molecule has 124 valence electrons. The first kappa shape index (κ1) is 16.0. The van der Waals surface area contributed by atoms with E-state index < -0.39 is 32.4 Å². The Labute approximate surface area is 137 Å². The van der Waals surface area contributed by atoms with Gasteiger partial charge in [0.1, 0.15) is 5.82 Å². The monoisotopic (exact) mass is 348 g/mol. The average molecular weight is 348 g/mol. The normalized spacial score (nSPS) is 15.8. The van der Waals surface area contributed by atoms with Gasteiger partial charge in [-0.3, -0.25) is 9.10 Å². The molecule has 1 aliphatic heterocycles. The van der Waals surface area contributed by atoms with Gasteiger partial charge in [0.15, 0.2) is 10.7 Å². The van der Waals surface area contributed by atoms with E-state index in [1.54, 1.807) is 12.1 Å². The second kappa shape index (κ2) is 5.64. The third-order valence-electron chi connectivity index (χ3n) is 3.64. The van der Waals surface area contributed by atoms with Crippen LogP contribution in [0.25, 0.3) is 5.76 Å². The number of hydrogen-bond acceptors (Lipinski definition) is 4. The highest BCUT2D eigenvalue weighted by molar-refractivity contribution is 7.97. The predicted molar refractivity (Wildman–Crippen MR) is 88.3 cm³/mol. The predicted octanol–water partition coefficient (Wildman–Crippen LogP) is 2.47. The van der Waals surface area contributed by atoms with E-state index in [1.165, 1.54) is 31.3 Å². The number of hydrogen-bond donors (Lipinski definition) is 2. The van der Waals surface area contributed by atoms with E-state index in [2.05, 4.69) is 5.32 Å². The number of anilines is 2. The number of carbonyl (C=O) groups is 1. The van der Waals surface area contributed by atoms with Crippen LogP contribution in [-0.4, -0.2) is 26.5 Å². The summed E-state index contributed by atoms with van der Waals surface area (Å²) in [6.07, 6.45) is 0. The van der Waals surface area contributed by atoms with Crippen molar-refractivity contribution in [2.45, 2.75) is 0 Å². The molecule has 2 N–H and O–H groups in total. The van der Waals surface area contributed by atoms with E-state index in [9.17, 15) is 22.7 Å². The van der Waals surface area contributed by atoms with E-state index in [1.807, 2.05) is 0 Å². The van der Waals surface area contributed by atoms with Crippen molar-refractivity contribution in [2.75, 3.05) is 16.7 Å². The second-order valence-corrected chi connectivity index (χ2v) is 7.03. The molecule has 0 fully saturated rings. The lowest BCUT2D eigenvalue weighted by molar-refractivity contribution is -0.112. The van der Waals surface area contributed by atoms with Crippen LogP contribution in [0.4, 0.5) is 15.8 Å². The Morgan fingerprint density at radius 2 is 1.75 bits per heavy atom. The molecule has 0 saturated carbocycles. The average Bonchev–Trinajstić information content (AvgIpc) is 2.55. The zero-order chi connectivity index (χ0) is 17.5. The quantitative estimate of drug-likeness (QED) is 0.873. The van der Waals surface area contributed by atoms with Crippen molar-refractivity contribution in [3.8, 4) is 0 Å². The first-order valence-corrected chi connectivity index (χ1v) is 8.35. The SMILES string of the molecule is CN1c2ccccc2C(O)=C(C(=O)Nc2ccc(F)cc2)S1(=O)=O. The lowest BCUT2D eigenvalue weighted by Crippen LogP contribution is -2.37. The van der Waals surface area contributed by atoms with Gasteiger partial charge in [0.2, 0.25) is 0 Å². The third kappa shape index (κ3) is 2.50. The van der Waals surface area contributed by atoms with Gasteiger partial charge in [-0.1, -0.05) is 12.1 Å². The van der Waals surface area contributed by atoms with Crippen LogP contribution in [0.3, 0.4) is 0 Å². The highest BCUT2D eigenvalue weighted by atomic mass is 32.2. The van der Waals surface area contributed by atoms with Crippen LogP contribution in [0, 0.1) is 5.82 Å². The van der Waals surface area contributed by atoms with E-state index >= 15 is 0 Å². The van der Waals surface area contributed by atoms with Crippen molar-refractivity contribution >= 4 is 33.1 Å². The molecule has 0 aromatic heterocycles. The van der Waals surface area contributed by atoms with Crippen molar-refractivity contribution in [3.05, 3.63) is 64.8 Å². The number of aliphatic hydroxyl groups excluding tert-OH is 1. The highest BCUT2D eigenvalue weighted by Crippen LogP contribution is 2.37. The van der Waals surface area contributed by atoms with Gasteiger partial charge in [0, 0.05) is 18.3 Å². The number of nitrogens with zero attached hydrogens (tertiary/aromatic N) is 1. The minimum Gasteiger partial charge on any atom is -0.506 e. The molecular weight excluding hydrogens is 335 g/mol. The number of rotatable bonds is 2. The fourth-order valence-electron chi connectivity index (χ4n) is 2.41. The minimum absolute atomic E-state index is 0.207. The molecule has 0 bridgehead atoms. The summed E-state index contributed by atoms with van der Waals surface area (Å²) in [7, 11) is -2.92. The number of benzene rings is 2. The van der Waals surface area contributed by atoms with Crippen LogP contribution in [0.2, 0.25) is 0 Å². The molecule has 0 atom stereocenters. The van der Waals surface area contributed by atoms with Gasteiger partial charge in [0.25, 0.3) is 15.9 Å². The lowest BCUT2D eigenvalue weighted by Gasteiger charge is -2.28. The Morgan fingerprint density at radius 1 is 1.12 bits per heavy atom. The minimum atomic E-state index is -4.22. The Balaban J connectivity index is 2.07. The summed E-state index contributed by atoms with van der Waals surface area (Å²) in [5.41, 5.74) is 0.714. The van der Waals surface area contributed by atoms with Gasteiger partial charge < -0.3 is 10.4 Å². The van der Waals surface area contributed by atoms with E-state index in [0.29, 0.717) is 0 Å². The van der Waals surface area contributed by atoms with Crippen molar-refractivity contribution in [1.29, 1.82) is 0 Å². The zero-order valence-electron chi connectivity index (χ0n) is 12.5. The molecule has 0 unspecified atom stereocenters. The van der Waals surface area contributed by atoms with Gasteiger partial charge in [-0.15, -0.1) is 0 Å². The number of sulfonamides is 1. The van der Waals surface area contributed by atoms with Gasteiger partial charge in [-0.25, -0.2) is 12.8 Å². The first-order chi connectivity index (χ1) is 11.3. The van der Waals surface area contributed by atoms with Crippen molar-refractivity contribution in [3.63, 3.8) is 0 Å². The number of nitrogens with one attached hydrogen (secondary N) is 1. The number of carbonyl (C=O) groups excluding carboxylic acids is 1. The van der Waals surface area contributed by atoms with Crippen LogP contribution < -0.4 is 9.62 Å². The molecular formula is C16H13FN2O4S. The van der Waals surface area contributed by atoms with Crippen molar-refractivity contribution in [2.24, 2.45) is 0 Å². The molecule has 1 aliphatic rings. The van der Waals surface area contributed by atoms with Crippen molar-refractivity contribution < 1.29 is 22.7 Å². The highest BCUT2D eigenvalue weighted by Gasteiger charge is 2.39. The van der Waals surface area contributed by atoms with E-state index in [0.717, 1.165) is 16.4 Å². The maximum Gasteiger partial charge on any atom is 0.273 e. The molecule has 6 nitrogen and oxygen atoms in total. The van der Waals surface area contributed by atoms with Crippen LogP contribution in [0.1, 0.15) is 5.56 Å². The van der Waals surface area contributed by atoms with E-state index in [4.69, 9.17) is 0 Å². The number of para-hydroxylation sites is 1. The van der Waals surface area contributed by atoms with Crippen LogP contribution in [0.15, 0.2) is 53.4 Å². The molecule has 2 aromatic carbocycles. The summed E-state index contributed by atoms with van der Waals surface area (Å²) in [5.74, 6) is -2.11. The summed E-state index contributed by atoms with van der Waals surface area (Å²) in [6.45, 7) is 0. The maximum absolute atomic E-state index is 12.9. The third-order valence-corrected chi connectivity index (χ3v) is 5.45. The Kier molecular flexibility index (Phi) is 3.76. The maximum atomic E-state index is 12.9. The number of amides is 1. The van der Waals surface area contributed by atoms with Crippen LogP contribution in [-0.2, 0) is 14.8 Å². The summed E-state index contributed by atoms with van der Waals surface area (Å²) in [5, 5.41) is 12.7. The van der Waals surface area contributed by atoms with E-state index in [-0.39, 0.29) is 16.9 Å². The number of fused-ring (bicyclic) bond motifs is 1. The molecule has 0 aliphatic carbocycles.